The maximum absolute atomic E-state index is 7.05. The Kier molecular flexibility index (Phi) is 7.96. The van der Waals surface area contributed by atoms with E-state index >= 15 is 0 Å². The summed E-state index contributed by atoms with van der Waals surface area (Å²) in [5, 5.41) is 7.18. The van der Waals surface area contributed by atoms with Gasteiger partial charge in [-0.25, -0.2) is 9.69 Å². The van der Waals surface area contributed by atoms with Crippen molar-refractivity contribution in [2.75, 3.05) is 13.1 Å². The molecule has 0 radical (unpaired) electrons. The van der Waals surface area contributed by atoms with Crippen LogP contribution >= 0.6 is 12.4 Å². The summed E-state index contributed by atoms with van der Waals surface area (Å²) < 4.78 is 0. The van der Waals surface area contributed by atoms with Crippen LogP contribution in [0.3, 0.4) is 0 Å². The molecule has 6 rings (SSSR count). The van der Waals surface area contributed by atoms with E-state index in [1.165, 1.54) is 47.9 Å². The zero-order valence-corrected chi connectivity index (χ0v) is 18.5. The maximum atomic E-state index is 7.05. The fraction of sp³-hybridized carbons (Fsp3) is 0.481. The van der Waals surface area contributed by atoms with Crippen molar-refractivity contribution in [1.82, 2.24) is 10.6 Å². The predicted octanol–water partition coefficient (Wildman–Crippen LogP) is 6.32. The summed E-state index contributed by atoms with van der Waals surface area (Å²) in [5.41, 5.74) is 7.35. The molecule has 0 amide bonds. The summed E-state index contributed by atoms with van der Waals surface area (Å²) in [7, 11) is 0. The topological polar surface area (TPSA) is 32.8 Å². The molecule has 2 N–H and O–H groups in total. The first-order valence-electron chi connectivity index (χ1n) is 11.2. The van der Waals surface area contributed by atoms with Crippen molar-refractivity contribution >= 4 is 23.8 Å². The van der Waals surface area contributed by atoms with Gasteiger partial charge in [0.2, 0.25) is 0 Å². The van der Waals surface area contributed by atoms with Crippen LogP contribution in [0.25, 0.3) is 9.69 Å². The van der Waals surface area contributed by atoms with E-state index in [9.17, 15) is 0 Å². The van der Waals surface area contributed by atoms with Crippen molar-refractivity contribution in [3.8, 4) is 0 Å². The Hall–Kier alpha value is -2.37. The average Bonchev–Trinajstić information content (AvgIpc) is 3.36. The third-order valence-electron chi connectivity index (χ3n) is 7.36. The zero-order valence-electron chi connectivity index (χ0n) is 17.7. The minimum absolute atomic E-state index is 0. The van der Waals surface area contributed by atoms with Crippen molar-refractivity contribution < 1.29 is 0 Å². The van der Waals surface area contributed by atoms with Gasteiger partial charge in [-0.15, -0.1) is 12.4 Å². The van der Waals surface area contributed by atoms with Gasteiger partial charge in [0.05, 0.1) is 13.1 Å². The van der Waals surface area contributed by atoms with Crippen molar-refractivity contribution in [3.63, 3.8) is 0 Å². The van der Waals surface area contributed by atoms with Crippen molar-refractivity contribution in [1.29, 1.82) is 0 Å². The molecular weight excluding hydrogens is 416 g/mol. The lowest BCUT2D eigenvalue weighted by molar-refractivity contribution is 0.372. The summed E-state index contributed by atoms with van der Waals surface area (Å²) in [5.74, 6) is 1.32. The highest BCUT2D eigenvalue weighted by atomic mass is 35.5. The standard InChI is InChI=1S/2C13H14N2.CH4.ClH/c2*1-14-10-5-4-9-7-13-11(12(9)8-10)3-2-6-15-13;;/h2*4-5,8,11,13,15H,2-3,6-7H2;1H4;1H/t11-,13+;;;/m1.../s1. The Morgan fingerprint density at radius 3 is 1.56 bits per heavy atom. The predicted molar refractivity (Wildman–Crippen MR) is 134 cm³/mol. The number of nitrogens with one attached hydrogen (secondary N) is 2. The molecule has 2 heterocycles. The largest absolute Gasteiger partial charge is 0.313 e. The molecule has 2 unspecified atom stereocenters. The number of halogens is 1. The first kappa shape index (κ1) is 24.3. The molecule has 2 saturated heterocycles. The molecule has 2 fully saturated rings. The molecule has 0 aromatic heterocycles. The molecule has 0 spiro atoms. The molecule has 2 aromatic carbocycles. The third kappa shape index (κ3) is 4.55. The van der Waals surface area contributed by atoms with E-state index in [0.717, 1.165) is 37.3 Å². The molecule has 5 heteroatoms. The molecule has 2 aliphatic heterocycles. The van der Waals surface area contributed by atoms with Crippen molar-refractivity contribution in [3.05, 3.63) is 81.5 Å². The second kappa shape index (κ2) is 10.5. The van der Waals surface area contributed by atoms with Crippen LogP contribution in [0, 0.1) is 13.1 Å². The van der Waals surface area contributed by atoms with Gasteiger partial charge in [-0.2, -0.15) is 0 Å². The summed E-state index contributed by atoms with van der Waals surface area (Å²) in [6.45, 7) is 16.4. The van der Waals surface area contributed by atoms with Crippen molar-refractivity contribution in [2.45, 2.75) is 69.9 Å². The van der Waals surface area contributed by atoms with E-state index in [4.69, 9.17) is 13.1 Å². The lowest BCUT2D eigenvalue weighted by Gasteiger charge is -2.27. The summed E-state index contributed by atoms with van der Waals surface area (Å²) in [6, 6.07) is 13.6. The van der Waals surface area contributed by atoms with Crippen LogP contribution in [-0.2, 0) is 12.8 Å². The van der Waals surface area contributed by atoms with Crippen LogP contribution in [0.15, 0.2) is 36.4 Å². The zero-order chi connectivity index (χ0) is 20.5. The van der Waals surface area contributed by atoms with E-state index in [-0.39, 0.29) is 19.8 Å². The Balaban J connectivity index is 0.000000170. The van der Waals surface area contributed by atoms with Gasteiger partial charge in [0.25, 0.3) is 0 Å². The number of fused-ring (bicyclic) bond motifs is 6. The molecule has 168 valence electrons. The van der Waals surface area contributed by atoms with Crippen LogP contribution in [0.2, 0.25) is 0 Å². The summed E-state index contributed by atoms with van der Waals surface area (Å²) >= 11 is 0. The van der Waals surface area contributed by atoms with Crippen LogP contribution in [0.4, 0.5) is 11.4 Å². The van der Waals surface area contributed by atoms with Gasteiger partial charge in [0, 0.05) is 12.1 Å². The highest BCUT2D eigenvalue weighted by Gasteiger charge is 2.34. The molecule has 4 aliphatic rings. The summed E-state index contributed by atoms with van der Waals surface area (Å²) in [4.78, 5) is 7.03. The Morgan fingerprint density at radius 2 is 1.16 bits per heavy atom. The number of hydrogen-bond donors (Lipinski definition) is 2. The van der Waals surface area contributed by atoms with E-state index in [1.807, 2.05) is 12.1 Å². The highest BCUT2D eigenvalue weighted by molar-refractivity contribution is 5.85. The van der Waals surface area contributed by atoms with Gasteiger partial charge in [0.1, 0.15) is 0 Å². The molecule has 4 atom stereocenters. The maximum Gasteiger partial charge on any atom is 0.187 e. The molecule has 0 bridgehead atoms. The number of benzene rings is 2. The first-order chi connectivity index (χ1) is 14.8. The number of nitrogens with zero attached hydrogens (tertiary/aromatic N) is 2. The lowest BCUT2D eigenvalue weighted by atomic mass is 9.90. The Labute approximate surface area is 198 Å². The van der Waals surface area contributed by atoms with Gasteiger partial charge < -0.3 is 10.6 Å². The fourth-order valence-corrected chi connectivity index (χ4v) is 5.92. The summed E-state index contributed by atoms with van der Waals surface area (Å²) in [6.07, 6.45) is 7.40. The van der Waals surface area contributed by atoms with Crippen LogP contribution in [0.1, 0.15) is 67.2 Å². The molecular formula is C27H33ClN4. The minimum atomic E-state index is 0. The van der Waals surface area contributed by atoms with Crippen molar-refractivity contribution in [2.24, 2.45) is 0 Å². The number of piperidine rings is 2. The normalized spacial score (nSPS) is 26.2. The van der Waals surface area contributed by atoms with E-state index in [2.05, 4.69) is 44.6 Å². The smallest absolute Gasteiger partial charge is 0.187 e. The lowest BCUT2D eigenvalue weighted by Crippen LogP contribution is -2.37. The molecule has 0 saturated carbocycles. The molecule has 4 nitrogen and oxygen atoms in total. The van der Waals surface area contributed by atoms with Crippen LogP contribution in [0.5, 0.6) is 0 Å². The monoisotopic (exact) mass is 448 g/mol. The Morgan fingerprint density at radius 1 is 0.719 bits per heavy atom. The van der Waals surface area contributed by atoms with E-state index in [1.54, 1.807) is 0 Å². The average molecular weight is 449 g/mol. The SMILES string of the molecule is C.Cl.[C-]#[N+]c1ccc2c(c1)C1CCCNC1C2.[C-]#[N+]c1ccc2c(c1)[C@H]1CCCN[C@H]1C2. The van der Waals surface area contributed by atoms with Gasteiger partial charge in [-0.05, 0) is 74.6 Å². The molecule has 2 aromatic rings. The third-order valence-corrected chi connectivity index (χ3v) is 7.36. The van der Waals surface area contributed by atoms with Crippen LogP contribution in [-0.4, -0.2) is 25.2 Å². The first-order valence-corrected chi connectivity index (χ1v) is 11.2. The second-order valence-corrected chi connectivity index (χ2v) is 9.02. The van der Waals surface area contributed by atoms with Gasteiger partial charge in [0.15, 0.2) is 11.4 Å². The number of hydrogen-bond acceptors (Lipinski definition) is 2. The molecule has 2 aliphatic carbocycles. The fourth-order valence-electron chi connectivity index (χ4n) is 5.92. The Bertz CT molecular complexity index is 951. The van der Waals surface area contributed by atoms with Gasteiger partial charge in [-0.3, -0.25) is 0 Å². The molecule has 32 heavy (non-hydrogen) atoms. The minimum Gasteiger partial charge on any atom is -0.313 e. The van der Waals surface area contributed by atoms with Gasteiger partial charge >= 0.3 is 0 Å². The van der Waals surface area contributed by atoms with Gasteiger partial charge in [-0.1, -0.05) is 55.0 Å². The van der Waals surface area contributed by atoms with E-state index in [0.29, 0.717) is 23.9 Å². The van der Waals surface area contributed by atoms with E-state index < -0.39 is 0 Å². The van der Waals surface area contributed by atoms with Crippen LogP contribution < -0.4 is 10.6 Å². The second-order valence-electron chi connectivity index (χ2n) is 9.02. The quantitative estimate of drug-likeness (QED) is 0.462. The highest BCUT2D eigenvalue weighted by Crippen LogP contribution is 2.41. The number of rotatable bonds is 0.